The lowest BCUT2D eigenvalue weighted by molar-refractivity contribution is -0.269. The van der Waals surface area contributed by atoms with Gasteiger partial charge in [0.2, 0.25) is 0 Å². The Hall–Kier alpha value is -0.980. The van der Waals surface area contributed by atoms with Crippen LogP contribution in [0, 0.1) is 0 Å². The lowest BCUT2D eigenvalue weighted by Crippen LogP contribution is -1.96. The third-order valence-corrected chi connectivity index (χ3v) is 2.02. The van der Waals surface area contributed by atoms with Gasteiger partial charge in [-0.1, -0.05) is 49.6 Å². The highest BCUT2D eigenvalue weighted by atomic mass is 16.3. The van der Waals surface area contributed by atoms with Gasteiger partial charge in [-0.2, -0.15) is 0 Å². The van der Waals surface area contributed by atoms with Crippen molar-refractivity contribution in [2.24, 2.45) is 0 Å². The van der Waals surface area contributed by atoms with Crippen LogP contribution < -0.4 is 5.11 Å². The first-order valence-corrected chi connectivity index (χ1v) is 4.59. The summed E-state index contributed by atoms with van der Waals surface area (Å²) in [5.74, 6) is 0.189. The predicted octanol–water partition coefficient (Wildman–Crippen LogP) is 2.49. The van der Waals surface area contributed by atoms with Crippen LogP contribution in [-0.4, -0.2) is 0 Å². The van der Waals surface area contributed by atoms with Gasteiger partial charge in [0.05, 0.1) is 0 Å². The normalized spacial score (nSPS) is 10.1. The molecule has 0 radical (unpaired) electrons. The van der Waals surface area contributed by atoms with Gasteiger partial charge in [0, 0.05) is 0 Å². The zero-order chi connectivity index (χ0) is 8.81. The molecule has 0 spiro atoms. The first-order valence-electron chi connectivity index (χ1n) is 4.59. The highest BCUT2D eigenvalue weighted by Gasteiger charge is 1.91. The molecule has 0 heterocycles. The highest BCUT2D eigenvalue weighted by molar-refractivity contribution is 5.30. The van der Waals surface area contributed by atoms with Gasteiger partial charge in [-0.25, -0.2) is 0 Å². The summed E-state index contributed by atoms with van der Waals surface area (Å²) in [6.07, 6.45) is 4.50. The van der Waals surface area contributed by atoms with Crippen molar-refractivity contribution in [3.8, 4) is 5.75 Å². The van der Waals surface area contributed by atoms with Crippen molar-refractivity contribution in [1.29, 1.82) is 0 Å². The van der Waals surface area contributed by atoms with Crippen LogP contribution in [-0.2, 0) is 6.42 Å². The molecule has 1 heteroatoms. The molecule has 0 N–H and O–H groups in total. The molecule has 1 rings (SSSR count). The molecule has 0 aliphatic heterocycles. The minimum absolute atomic E-state index is 0.189. The van der Waals surface area contributed by atoms with Crippen LogP contribution in [0.25, 0.3) is 0 Å². The number of unbranched alkanes of at least 4 members (excludes halogenated alkanes) is 2. The first kappa shape index (κ1) is 9.11. The minimum Gasteiger partial charge on any atom is -0.872 e. The Bertz CT molecular complexity index is 230. The lowest BCUT2D eigenvalue weighted by atomic mass is 10.1. The molecule has 0 atom stereocenters. The van der Waals surface area contributed by atoms with E-state index in [1.807, 2.05) is 12.1 Å². The molecule has 0 aliphatic rings. The zero-order valence-electron chi connectivity index (χ0n) is 7.55. The molecule has 0 saturated carbocycles. The summed E-state index contributed by atoms with van der Waals surface area (Å²) in [6.45, 7) is 2.17. The van der Waals surface area contributed by atoms with Crippen LogP contribution in [0.3, 0.4) is 0 Å². The number of aryl methyl sites for hydroxylation is 1. The molecular formula is C11H15O-. The summed E-state index contributed by atoms with van der Waals surface area (Å²) in [7, 11) is 0. The van der Waals surface area contributed by atoms with Gasteiger partial charge < -0.3 is 5.11 Å². The fraction of sp³-hybridized carbons (Fsp3) is 0.455. The Morgan fingerprint density at radius 1 is 1.17 bits per heavy atom. The molecule has 0 aliphatic carbocycles. The van der Waals surface area contributed by atoms with Crippen molar-refractivity contribution < 1.29 is 5.11 Å². The van der Waals surface area contributed by atoms with E-state index in [2.05, 4.69) is 6.92 Å². The van der Waals surface area contributed by atoms with Gasteiger partial charge in [0.25, 0.3) is 0 Å². The number of hydrogen-bond acceptors (Lipinski definition) is 1. The Kier molecular flexibility index (Phi) is 3.65. The molecule has 0 amide bonds. The van der Waals surface area contributed by atoms with E-state index in [-0.39, 0.29) is 5.75 Å². The smallest absolute Gasteiger partial charge is 0.0285 e. The molecule has 0 aromatic heterocycles. The van der Waals surface area contributed by atoms with Crippen LogP contribution in [0.4, 0.5) is 0 Å². The molecule has 1 nitrogen and oxygen atoms in total. The fourth-order valence-electron chi connectivity index (χ4n) is 1.28. The Morgan fingerprint density at radius 3 is 2.58 bits per heavy atom. The third kappa shape index (κ3) is 2.57. The summed E-state index contributed by atoms with van der Waals surface area (Å²) >= 11 is 0. The van der Waals surface area contributed by atoms with E-state index in [1.54, 1.807) is 12.1 Å². The van der Waals surface area contributed by atoms with Gasteiger partial charge in [-0.05, 0) is 12.8 Å². The van der Waals surface area contributed by atoms with Crippen molar-refractivity contribution in [2.75, 3.05) is 0 Å². The van der Waals surface area contributed by atoms with Crippen molar-refractivity contribution in [2.45, 2.75) is 32.6 Å². The molecule has 0 saturated heterocycles. The third-order valence-electron chi connectivity index (χ3n) is 2.02. The molecule has 1 aromatic rings. The average molecular weight is 163 g/mol. The summed E-state index contributed by atoms with van der Waals surface area (Å²) in [5, 5.41) is 11.2. The van der Waals surface area contributed by atoms with E-state index < -0.39 is 0 Å². The van der Waals surface area contributed by atoms with Crippen molar-refractivity contribution >= 4 is 0 Å². The summed E-state index contributed by atoms with van der Waals surface area (Å²) in [4.78, 5) is 0. The second-order valence-electron chi connectivity index (χ2n) is 3.06. The Balaban J connectivity index is 2.46. The van der Waals surface area contributed by atoms with E-state index in [0.29, 0.717) is 0 Å². The van der Waals surface area contributed by atoms with Gasteiger partial charge >= 0.3 is 0 Å². The molecule has 0 bridgehead atoms. The Morgan fingerprint density at radius 2 is 1.92 bits per heavy atom. The SMILES string of the molecule is CCCCCc1ccccc1[O-]. The van der Waals surface area contributed by atoms with Crippen LogP contribution in [0.5, 0.6) is 5.75 Å². The largest absolute Gasteiger partial charge is 0.872 e. The van der Waals surface area contributed by atoms with Gasteiger partial charge in [-0.15, -0.1) is 5.75 Å². The monoisotopic (exact) mass is 163 g/mol. The van der Waals surface area contributed by atoms with E-state index in [1.165, 1.54) is 12.8 Å². The van der Waals surface area contributed by atoms with Crippen molar-refractivity contribution in [1.82, 2.24) is 0 Å². The maximum atomic E-state index is 11.2. The quantitative estimate of drug-likeness (QED) is 0.625. The van der Waals surface area contributed by atoms with E-state index in [9.17, 15) is 5.11 Å². The highest BCUT2D eigenvalue weighted by Crippen LogP contribution is 2.15. The van der Waals surface area contributed by atoms with Gasteiger partial charge in [-0.3, -0.25) is 0 Å². The minimum atomic E-state index is 0.189. The maximum Gasteiger partial charge on any atom is -0.0285 e. The molecule has 12 heavy (non-hydrogen) atoms. The molecule has 0 unspecified atom stereocenters. The number of para-hydroxylation sites is 1. The van der Waals surface area contributed by atoms with Gasteiger partial charge in [0.1, 0.15) is 0 Å². The lowest BCUT2D eigenvalue weighted by Gasteiger charge is -2.11. The molecule has 0 fully saturated rings. The summed E-state index contributed by atoms with van der Waals surface area (Å²) in [6, 6.07) is 7.30. The standard InChI is InChI=1S/C11H16O/c1-2-3-4-7-10-8-5-6-9-11(10)12/h5-6,8-9,12H,2-4,7H2,1H3/p-1. The summed E-state index contributed by atoms with van der Waals surface area (Å²) < 4.78 is 0. The number of benzene rings is 1. The number of rotatable bonds is 4. The van der Waals surface area contributed by atoms with Crippen LogP contribution in [0.2, 0.25) is 0 Å². The van der Waals surface area contributed by atoms with Crippen LogP contribution in [0.1, 0.15) is 31.7 Å². The van der Waals surface area contributed by atoms with E-state index in [0.717, 1.165) is 18.4 Å². The van der Waals surface area contributed by atoms with Crippen molar-refractivity contribution in [3.63, 3.8) is 0 Å². The first-order chi connectivity index (χ1) is 5.84. The second-order valence-corrected chi connectivity index (χ2v) is 3.06. The van der Waals surface area contributed by atoms with Crippen LogP contribution >= 0.6 is 0 Å². The van der Waals surface area contributed by atoms with Crippen LogP contribution in [0.15, 0.2) is 24.3 Å². The summed E-state index contributed by atoms with van der Waals surface area (Å²) in [5.41, 5.74) is 0.964. The zero-order valence-corrected chi connectivity index (χ0v) is 7.55. The fourth-order valence-corrected chi connectivity index (χ4v) is 1.28. The maximum absolute atomic E-state index is 11.2. The predicted molar refractivity (Wildman–Crippen MR) is 49.1 cm³/mol. The van der Waals surface area contributed by atoms with Crippen molar-refractivity contribution in [3.05, 3.63) is 29.8 Å². The average Bonchev–Trinajstić information content (AvgIpc) is 2.09. The molecular weight excluding hydrogens is 148 g/mol. The van der Waals surface area contributed by atoms with E-state index in [4.69, 9.17) is 0 Å². The topological polar surface area (TPSA) is 23.1 Å². The van der Waals surface area contributed by atoms with E-state index >= 15 is 0 Å². The molecule has 1 aromatic carbocycles. The molecule has 66 valence electrons. The number of hydrogen-bond donors (Lipinski definition) is 0. The Labute approximate surface area is 74.1 Å². The van der Waals surface area contributed by atoms with Gasteiger partial charge in [0.15, 0.2) is 0 Å². The second kappa shape index (κ2) is 4.81.